The van der Waals surface area contributed by atoms with Crippen LogP contribution >= 0.6 is 7.60 Å². The molecule has 7 nitrogen and oxygen atoms in total. The fourth-order valence-corrected chi connectivity index (χ4v) is 1.35. The molecular weight excluding hydrogens is 287 g/mol. The van der Waals surface area contributed by atoms with Crippen molar-refractivity contribution in [3.63, 3.8) is 0 Å². The Hall–Kier alpha value is -0.980. The van der Waals surface area contributed by atoms with Crippen LogP contribution in [-0.4, -0.2) is 28.7 Å². The number of carbonyl (C=O) groups excluding carboxylic acids is 1. The Labute approximate surface area is 118 Å². The summed E-state index contributed by atoms with van der Waals surface area (Å²) in [5.41, 5.74) is 0. The van der Waals surface area contributed by atoms with Gasteiger partial charge in [0.25, 0.3) is 0 Å². The molecule has 0 rings (SSSR count). The van der Waals surface area contributed by atoms with Crippen molar-refractivity contribution in [3.8, 4) is 0 Å². The zero-order valence-electron chi connectivity index (χ0n) is 11.5. The third-order valence-electron chi connectivity index (χ3n) is 2.27. The highest BCUT2D eigenvalue weighted by molar-refractivity contribution is 7.56. The van der Waals surface area contributed by atoms with E-state index in [1.54, 1.807) is 0 Å². The standard InChI is InChI=1S/C12H21O7P/c1-4-6-7-8-12(18-11(13)5-2)19-17-9-10(3)20(14,15)16/h5,12H,2-4,6-9H2,1H3,(H2,14,15,16). The summed E-state index contributed by atoms with van der Waals surface area (Å²) < 4.78 is 15.7. The van der Waals surface area contributed by atoms with Crippen molar-refractivity contribution in [1.82, 2.24) is 0 Å². The lowest BCUT2D eigenvalue weighted by Crippen LogP contribution is -2.21. The Morgan fingerprint density at radius 2 is 2.05 bits per heavy atom. The molecular formula is C12H21O7P. The topological polar surface area (TPSA) is 102 Å². The van der Waals surface area contributed by atoms with E-state index in [9.17, 15) is 9.36 Å². The molecule has 8 heteroatoms. The SMILES string of the molecule is C=CC(=O)OC(CCCCC)OOCC(=C)P(=O)(O)O. The number of ether oxygens (including phenoxy) is 1. The van der Waals surface area contributed by atoms with Gasteiger partial charge in [-0.15, -0.1) is 0 Å². The van der Waals surface area contributed by atoms with Gasteiger partial charge in [-0.1, -0.05) is 32.9 Å². The molecule has 0 fully saturated rings. The lowest BCUT2D eigenvalue weighted by atomic mass is 10.2. The highest BCUT2D eigenvalue weighted by Gasteiger charge is 2.20. The number of hydrogen-bond donors (Lipinski definition) is 2. The average Bonchev–Trinajstić information content (AvgIpc) is 2.37. The number of esters is 1. The Bertz CT molecular complexity index is 374. The smallest absolute Gasteiger partial charge is 0.354 e. The molecule has 0 bridgehead atoms. The maximum absolute atomic E-state index is 11.1. The van der Waals surface area contributed by atoms with E-state index in [1.165, 1.54) is 0 Å². The zero-order chi connectivity index (χ0) is 15.6. The van der Waals surface area contributed by atoms with Gasteiger partial charge in [0.05, 0.1) is 5.31 Å². The van der Waals surface area contributed by atoms with Gasteiger partial charge in [-0.3, -0.25) is 4.57 Å². The molecule has 0 radical (unpaired) electrons. The second kappa shape index (κ2) is 9.85. The lowest BCUT2D eigenvalue weighted by molar-refractivity contribution is -0.365. The second-order valence-corrected chi connectivity index (χ2v) is 5.76. The quantitative estimate of drug-likeness (QED) is 0.115. The third kappa shape index (κ3) is 9.01. The van der Waals surface area contributed by atoms with Crippen LogP contribution in [0.25, 0.3) is 0 Å². The minimum absolute atomic E-state index is 0.413. The van der Waals surface area contributed by atoms with Crippen LogP contribution in [-0.2, 0) is 23.9 Å². The number of hydrogen-bond acceptors (Lipinski definition) is 5. The molecule has 0 amide bonds. The van der Waals surface area contributed by atoms with Gasteiger partial charge in [0, 0.05) is 12.5 Å². The molecule has 1 atom stereocenters. The summed E-state index contributed by atoms with van der Waals surface area (Å²) in [4.78, 5) is 38.2. The first-order valence-electron chi connectivity index (χ1n) is 6.16. The molecule has 0 aliphatic rings. The predicted molar refractivity (Wildman–Crippen MR) is 72.4 cm³/mol. The summed E-state index contributed by atoms with van der Waals surface area (Å²) in [6, 6.07) is 0. The highest BCUT2D eigenvalue weighted by atomic mass is 31.2. The molecule has 0 aliphatic heterocycles. The molecule has 0 aromatic rings. The summed E-state index contributed by atoms with van der Waals surface area (Å²) in [6.45, 7) is 7.98. The molecule has 0 heterocycles. The van der Waals surface area contributed by atoms with Crippen LogP contribution in [0.3, 0.4) is 0 Å². The van der Waals surface area contributed by atoms with E-state index >= 15 is 0 Å². The lowest BCUT2D eigenvalue weighted by Gasteiger charge is -2.16. The average molecular weight is 308 g/mol. The summed E-state index contributed by atoms with van der Waals surface area (Å²) in [7, 11) is -4.40. The van der Waals surface area contributed by atoms with Gasteiger partial charge in [0.15, 0.2) is 0 Å². The van der Waals surface area contributed by atoms with E-state index in [-0.39, 0.29) is 0 Å². The van der Waals surface area contributed by atoms with Crippen LogP contribution in [0.15, 0.2) is 24.5 Å². The van der Waals surface area contributed by atoms with Gasteiger partial charge in [0.1, 0.15) is 6.61 Å². The van der Waals surface area contributed by atoms with Gasteiger partial charge < -0.3 is 14.5 Å². The Balaban J connectivity index is 4.20. The molecule has 0 spiro atoms. The van der Waals surface area contributed by atoms with E-state index in [1.807, 2.05) is 6.92 Å². The normalized spacial score (nSPS) is 12.8. The van der Waals surface area contributed by atoms with Crippen molar-refractivity contribution in [3.05, 3.63) is 24.5 Å². The Kier molecular flexibility index (Phi) is 9.37. The molecule has 0 saturated heterocycles. The van der Waals surface area contributed by atoms with Crippen LogP contribution in [0.5, 0.6) is 0 Å². The van der Waals surface area contributed by atoms with Gasteiger partial charge in [-0.2, -0.15) is 4.89 Å². The van der Waals surface area contributed by atoms with Crippen LogP contribution in [0.1, 0.15) is 32.6 Å². The maximum atomic E-state index is 11.1. The highest BCUT2D eigenvalue weighted by Crippen LogP contribution is 2.43. The zero-order valence-corrected chi connectivity index (χ0v) is 12.4. The van der Waals surface area contributed by atoms with Crippen LogP contribution in [0.4, 0.5) is 0 Å². The fraction of sp³-hybridized carbons (Fsp3) is 0.583. The first-order chi connectivity index (χ1) is 9.31. The van der Waals surface area contributed by atoms with Crippen LogP contribution in [0.2, 0.25) is 0 Å². The van der Waals surface area contributed by atoms with Crippen molar-refractivity contribution in [2.24, 2.45) is 0 Å². The molecule has 0 aromatic heterocycles. The maximum Gasteiger partial charge on any atom is 0.354 e. The number of rotatable bonds is 11. The largest absolute Gasteiger partial charge is 0.430 e. The summed E-state index contributed by atoms with van der Waals surface area (Å²) in [5.74, 6) is -0.663. The minimum atomic E-state index is -4.40. The van der Waals surface area contributed by atoms with Gasteiger partial charge in [0.2, 0.25) is 6.29 Å². The van der Waals surface area contributed by atoms with E-state index in [4.69, 9.17) is 19.4 Å². The molecule has 20 heavy (non-hydrogen) atoms. The third-order valence-corrected chi connectivity index (χ3v) is 3.22. The minimum Gasteiger partial charge on any atom is -0.430 e. The van der Waals surface area contributed by atoms with Gasteiger partial charge in [-0.05, 0) is 6.42 Å². The van der Waals surface area contributed by atoms with Crippen molar-refractivity contribution >= 4 is 13.6 Å². The molecule has 0 saturated carbocycles. The molecule has 2 N–H and O–H groups in total. The monoisotopic (exact) mass is 308 g/mol. The predicted octanol–water partition coefficient (Wildman–Crippen LogP) is 2.26. The Morgan fingerprint density at radius 1 is 1.40 bits per heavy atom. The van der Waals surface area contributed by atoms with E-state index in [0.29, 0.717) is 6.42 Å². The van der Waals surface area contributed by atoms with E-state index in [0.717, 1.165) is 25.3 Å². The van der Waals surface area contributed by atoms with Crippen molar-refractivity contribution in [1.29, 1.82) is 0 Å². The van der Waals surface area contributed by atoms with Crippen molar-refractivity contribution in [2.75, 3.05) is 6.61 Å². The van der Waals surface area contributed by atoms with E-state index in [2.05, 4.69) is 18.0 Å². The summed E-state index contributed by atoms with van der Waals surface area (Å²) in [5, 5.41) is -0.417. The second-order valence-electron chi connectivity index (χ2n) is 4.04. The first kappa shape index (κ1) is 19.0. The summed E-state index contributed by atoms with van der Waals surface area (Å²) in [6.07, 6.45) is 3.13. The van der Waals surface area contributed by atoms with Gasteiger partial charge >= 0.3 is 13.6 Å². The van der Waals surface area contributed by atoms with Crippen molar-refractivity contribution < 1.29 is 33.7 Å². The first-order valence-corrected chi connectivity index (χ1v) is 7.77. The molecule has 116 valence electrons. The number of carbonyl (C=O) groups is 1. The molecule has 1 unspecified atom stereocenters. The summed E-state index contributed by atoms with van der Waals surface area (Å²) >= 11 is 0. The van der Waals surface area contributed by atoms with E-state index < -0.39 is 31.8 Å². The number of unbranched alkanes of at least 4 members (excludes halogenated alkanes) is 2. The van der Waals surface area contributed by atoms with Crippen LogP contribution < -0.4 is 0 Å². The van der Waals surface area contributed by atoms with Gasteiger partial charge in [-0.25, -0.2) is 9.68 Å². The fourth-order valence-electron chi connectivity index (χ4n) is 1.13. The van der Waals surface area contributed by atoms with Crippen LogP contribution in [0, 0.1) is 0 Å². The molecule has 0 aliphatic carbocycles. The molecule has 0 aromatic carbocycles. The Morgan fingerprint density at radius 3 is 2.55 bits per heavy atom. The van der Waals surface area contributed by atoms with Crippen molar-refractivity contribution in [2.45, 2.75) is 38.9 Å².